The first kappa shape index (κ1) is 15.5. The zero-order valence-corrected chi connectivity index (χ0v) is 11.0. The Hall–Kier alpha value is -3.57. The van der Waals surface area contributed by atoms with Crippen LogP contribution in [0.4, 0.5) is 11.4 Å². The molecule has 0 saturated carbocycles. The van der Waals surface area contributed by atoms with Crippen LogP contribution in [-0.2, 0) is 0 Å². The van der Waals surface area contributed by atoms with Crippen LogP contribution in [0, 0.1) is 44.1 Å². The number of rotatable bonds is 5. The van der Waals surface area contributed by atoms with Crippen molar-refractivity contribution in [3.63, 3.8) is 0 Å². The Labute approximate surface area is 120 Å². The van der Waals surface area contributed by atoms with Crippen molar-refractivity contribution >= 4 is 11.4 Å². The third-order valence-electron chi connectivity index (χ3n) is 2.31. The predicted octanol–water partition coefficient (Wildman–Crippen LogP) is 2.23. The van der Waals surface area contributed by atoms with Gasteiger partial charge in [-0.15, -0.1) is 0 Å². The maximum absolute atomic E-state index is 11.0. The van der Waals surface area contributed by atoms with E-state index in [1.54, 1.807) is 25.1 Å². The van der Waals surface area contributed by atoms with E-state index < -0.39 is 10.5 Å². The Morgan fingerprint density at radius 2 is 2.00 bits per heavy atom. The van der Waals surface area contributed by atoms with Gasteiger partial charge in [-0.2, -0.15) is 15.8 Å². The minimum atomic E-state index is -0.624. The highest BCUT2D eigenvalue weighted by molar-refractivity contribution is 5.64. The average molecular weight is 283 g/mol. The van der Waals surface area contributed by atoms with Crippen molar-refractivity contribution in [3.05, 3.63) is 39.6 Å². The summed E-state index contributed by atoms with van der Waals surface area (Å²) in [4.78, 5) is 10.3. The zero-order chi connectivity index (χ0) is 15.8. The summed E-state index contributed by atoms with van der Waals surface area (Å²) in [5.41, 5.74) is -0.771. The number of hydrogen-bond acceptors (Lipinski definition) is 7. The standard InChI is InChI=1S/C13H9N5O3/c1-2-21-13-4-3-10(5-12(13)18(19)20)17-11(8-16)9(6-14)7-15/h3-5,17H,2H2,1H3. The van der Waals surface area contributed by atoms with E-state index in [0.717, 1.165) is 6.07 Å². The lowest BCUT2D eigenvalue weighted by Gasteiger charge is -2.08. The molecule has 0 saturated heterocycles. The number of ether oxygens (including phenoxy) is 1. The molecule has 0 aliphatic heterocycles. The van der Waals surface area contributed by atoms with E-state index in [1.807, 2.05) is 0 Å². The number of benzene rings is 1. The molecule has 1 aromatic carbocycles. The van der Waals surface area contributed by atoms with Gasteiger partial charge in [0, 0.05) is 11.8 Å². The van der Waals surface area contributed by atoms with Gasteiger partial charge in [-0.3, -0.25) is 10.1 Å². The second-order valence-corrected chi connectivity index (χ2v) is 3.58. The van der Waals surface area contributed by atoms with E-state index in [9.17, 15) is 10.1 Å². The summed E-state index contributed by atoms with van der Waals surface area (Å²) in [6.45, 7) is 1.96. The fraction of sp³-hybridized carbons (Fsp3) is 0.154. The molecule has 0 aliphatic rings. The minimum absolute atomic E-state index is 0.0938. The van der Waals surface area contributed by atoms with Crippen molar-refractivity contribution in [2.45, 2.75) is 6.92 Å². The Morgan fingerprint density at radius 3 is 2.48 bits per heavy atom. The molecule has 0 spiro atoms. The van der Waals surface area contributed by atoms with Gasteiger partial charge in [0.2, 0.25) is 0 Å². The van der Waals surface area contributed by atoms with Gasteiger partial charge >= 0.3 is 5.69 Å². The van der Waals surface area contributed by atoms with Gasteiger partial charge in [0.25, 0.3) is 0 Å². The molecule has 0 radical (unpaired) electrons. The first-order valence-electron chi connectivity index (χ1n) is 5.70. The van der Waals surface area contributed by atoms with Crippen LogP contribution in [0.1, 0.15) is 6.92 Å². The molecular formula is C13H9N5O3. The van der Waals surface area contributed by atoms with Gasteiger partial charge in [0.15, 0.2) is 11.3 Å². The highest BCUT2D eigenvalue weighted by atomic mass is 16.6. The monoisotopic (exact) mass is 283 g/mol. The lowest BCUT2D eigenvalue weighted by atomic mass is 10.2. The highest BCUT2D eigenvalue weighted by Gasteiger charge is 2.16. The van der Waals surface area contributed by atoms with Gasteiger partial charge in [-0.25, -0.2) is 0 Å². The predicted molar refractivity (Wildman–Crippen MR) is 71.8 cm³/mol. The Bertz CT molecular complexity index is 703. The number of allylic oxidation sites excluding steroid dienone is 2. The number of nitro groups is 1. The maximum Gasteiger partial charge on any atom is 0.312 e. The zero-order valence-electron chi connectivity index (χ0n) is 11.0. The third kappa shape index (κ3) is 3.69. The van der Waals surface area contributed by atoms with Crippen LogP contribution >= 0.6 is 0 Å². The molecule has 0 aliphatic carbocycles. The maximum atomic E-state index is 11.0. The molecule has 1 N–H and O–H groups in total. The minimum Gasteiger partial charge on any atom is -0.487 e. The van der Waals surface area contributed by atoms with Crippen molar-refractivity contribution < 1.29 is 9.66 Å². The molecular weight excluding hydrogens is 274 g/mol. The van der Waals surface area contributed by atoms with Gasteiger partial charge in [0.1, 0.15) is 23.9 Å². The van der Waals surface area contributed by atoms with E-state index >= 15 is 0 Å². The van der Waals surface area contributed by atoms with E-state index in [-0.39, 0.29) is 29.4 Å². The van der Waals surface area contributed by atoms with Crippen LogP contribution in [0.25, 0.3) is 0 Å². The molecule has 8 nitrogen and oxygen atoms in total. The first-order valence-corrected chi connectivity index (χ1v) is 5.70. The lowest BCUT2D eigenvalue weighted by molar-refractivity contribution is -0.385. The summed E-state index contributed by atoms with van der Waals surface area (Å²) in [6.07, 6.45) is 0. The number of anilines is 1. The molecule has 0 amide bonds. The number of nitriles is 3. The Morgan fingerprint density at radius 1 is 1.33 bits per heavy atom. The highest BCUT2D eigenvalue weighted by Crippen LogP contribution is 2.30. The topological polar surface area (TPSA) is 136 Å². The van der Waals surface area contributed by atoms with Crippen molar-refractivity contribution in [2.24, 2.45) is 0 Å². The van der Waals surface area contributed by atoms with Gasteiger partial charge in [-0.1, -0.05) is 0 Å². The van der Waals surface area contributed by atoms with E-state index in [1.165, 1.54) is 12.1 Å². The van der Waals surface area contributed by atoms with Crippen LogP contribution in [-0.4, -0.2) is 11.5 Å². The summed E-state index contributed by atoms with van der Waals surface area (Å²) in [6, 6.07) is 8.78. The molecule has 8 heteroatoms. The molecule has 0 heterocycles. The number of nitrogens with zero attached hydrogens (tertiary/aromatic N) is 4. The van der Waals surface area contributed by atoms with Crippen molar-refractivity contribution in [1.82, 2.24) is 0 Å². The summed E-state index contributed by atoms with van der Waals surface area (Å²) >= 11 is 0. The van der Waals surface area contributed by atoms with E-state index in [4.69, 9.17) is 20.5 Å². The SMILES string of the molecule is CCOc1ccc(NC(C#N)=C(C#N)C#N)cc1[N+](=O)[O-]. The quantitative estimate of drug-likeness (QED) is 0.497. The summed E-state index contributed by atoms with van der Waals surface area (Å²) in [7, 11) is 0. The van der Waals surface area contributed by atoms with Crippen LogP contribution in [0.15, 0.2) is 29.5 Å². The number of nitro benzene ring substituents is 1. The first-order chi connectivity index (χ1) is 10.1. The molecule has 0 atom stereocenters. The van der Waals surface area contributed by atoms with Crippen LogP contribution in [0.2, 0.25) is 0 Å². The fourth-order valence-electron chi connectivity index (χ4n) is 1.44. The molecule has 0 fully saturated rings. The van der Waals surface area contributed by atoms with E-state index in [0.29, 0.717) is 0 Å². The summed E-state index contributed by atoms with van der Waals surface area (Å²) < 4.78 is 5.12. The van der Waals surface area contributed by atoms with Crippen molar-refractivity contribution in [1.29, 1.82) is 15.8 Å². The fourth-order valence-corrected chi connectivity index (χ4v) is 1.44. The Kier molecular flexibility index (Phi) is 5.26. The summed E-state index contributed by atoms with van der Waals surface area (Å²) in [5, 5.41) is 39.8. The average Bonchev–Trinajstić information content (AvgIpc) is 2.48. The second kappa shape index (κ2) is 7.13. The van der Waals surface area contributed by atoms with Crippen molar-refractivity contribution in [3.8, 4) is 24.0 Å². The molecule has 1 rings (SSSR count). The third-order valence-corrected chi connectivity index (χ3v) is 2.31. The number of nitrogens with one attached hydrogen (secondary N) is 1. The summed E-state index contributed by atoms with van der Waals surface area (Å²) in [5.74, 6) is 0.0938. The van der Waals surface area contributed by atoms with Gasteiger partial charge < -0.3 is 10.1 Å². The van der Waals surface area contributed by atoms with Crippen molar-refractivity contribution in [2.75, 3.05) is 11.9 Å². The molecule has 0 unspecified atom stereocenters. The van der Waals surface area contributed by atoms with Gasteiger partial charge in [0.05, 0.1) is 11.5 Å². The smallest absolute Gasteiger partial charge is 0.312 e. The van der Waals surface area contributed by atoms with Crippen LogP contribution in [0.3, 0.4) is 0 Å². The molecule has 0 bridgehead atoms. The Balaban J connectivity index is 3.24. The van der Waals surface area contributed by atoms with E-state index in [2.05, 4.69) is 5.32 Å². The normalized spacial score (nSPS) is 8.67. The van der Waals surface area contributed by atoms with Gasteiger partial charge in [-0.05, 0) is 19.1 Å². The largest absolute Gasteiger partial charge is 0.487 e. The molecule has 104 valence electrons. The molecule has 21 heavy (non-hydrogen) atoms. The van der Waals surface area contributed by atoms with Crippen LogP contribution < -0.4 is 10.1 Å². The molecule has 1 aromatic rings. The lowest BCUT2D eigenvalue weighted by Crippen LogP contribution is -2.03. The number of hydrogen-bond donors (Lipinski definition) is 1. The molecule has 0 aromatic heterocycles. The second-order valence-electron chi connectivity index (χ2n) is 3.58. The van der Waals surface area contributed by atoms with Crippen LogP contribution in [0.5, 0.6) is 5.75 Å².